The molecule has 0 amide bonds. The van der Waals surface area contributed by atoms with Crippen LogP contribution in [0.15, 0.2) is 6.07 Å². The monoisotopic (exact) mass is 222 g/mol. The maximum Gasteiger partial charge on any atom is 0.433 e. The molecule has 0 unspecified atom stereocenters. The van der Waals surface area contributed by atoms with Crippen molar-refractivity contribution in [2.75, 3.05) is 0 Å². The topological polar surface area (TPSA) is 28.7 Å². The molecule has 6 heteroatoms. The van der Waals surface area contributed by atoms with Gasteiger partial charge in [0.2, 0.25) is 0 Å². The normalized spacial score (nSPS) is 12.1. The van der Waals surface area contributed by atoms with Gasteiger partial charge in [0.15, 0.2) is 4.77 Å². The summed E-state index contributed by atoms with van der Waals surface area (Å²) in [5.41, 5.74) is -0.498. The Morgan fingerprint density at radius 1 is 1.43 bits per heavy atom. The molecule has 0 aliphatic rings. The summed E-state index contributed by atoms with van der Waals surface area (Å²) in [6.07, 6.45) is -4.44. The first kappa shape index (κ1) is 11.2. The molecule has 0 aliphatic heterocycles. The summed E-state index contributed by atoms with van der Waals surface area (Å²) in [5.74, 6) is -0.0409. The number of hydrogen-bond acceptors (Lipinski definition) is 2. The van der Waals surface area contributed by atoms with Crippen molar-refractivity contribution >= 4 is 12.2 Å². The Bertz CT molecular complexity index is 381. The first-order valence-electron chi connectivity index (χ1n) is 3.99. The van der Waals surface area contributed by atoms with Crippen LogP contribution in [0, 0.1) is 4.77 Å². The molecule has 0 saturated carbocycles. The number of H-pyrrole nitrogens is 1. The third-order valence-electron chi connectivity index (χ3n) is 1.68. The van der Waals surface area contributed by atoms with Crippen LogP contribution in [0.3, 0.4) is 0 Å². The van der Waals surface area contributed by atoms with Gasteiger partial charge in [0.25, 0.3) is 0 Å². The van der Waals surface area contributed by atoms with E-state index in [0.717, 1.165) is 6.07 Å². The Hall–Kier alpha value is -0.910. The van der Waals surface area contributed by atoms with Crippen molar-refractivity contribution in [3.05, 3.63) is 22.2 Å². The van der Waals surface area contributed by atoms with E-state index >= 15 is 0 Å². The molecular weight excluding hydrogens is 213 g/mol. The maximum atomic E-state index is 12.3. The lowest BCUT2D eigenvalue weighted by atomic mass is 10.1. The average Bonchev–Trinajstić information content (AvgIpc) is 2.01. The number of halogens is 3. The van der Waals surface area contributed by atoms with E-state index < -0.39 is 11.9 Å². The molecule has 2 nitrogen and oxygen atoms in total. The zero-order chi connectivity index (χ0) is 10.9. The van der Waals surface area contributed by atoms with Crippen LogP contribution in [0.2, 0.25) is 0 Å². The van der Waals surface area contributed by atoms with Crippen molar-refractivity contribution < 1.29 is 13.2 Å². The van der Waals surface area contributed by atoms with Crippen LogP contribution in [0.1, 0.15) is 31.2 Å². The molecule has 0 bridgehead atoms. The van der Waals surface area contributed by atoms with E-state index in [1.54, 1.807) is 13.8 Å². The van der Waals surface area contributed by atoms with Gasteiger partial charge >= 0.3 is 6.18 Å². The van der Waals surface area contributed by atoms with E-state index in [1.807, 2.05) is 0 Å². The molecule has 0 aromatic carbocycles. The van der Waals surface area contributed by atoms with Crippen molar-refractivity contribution in [1.82, 2.24) is 9.97 Å². The largest absolute Gasteiger partial charge is 0.433 e. The maximum absolute atomic E-state index is 12.3. The second-order valence-corrected chi connectivity index (χ2v) is 3.57. The highest BCUT2D eigenvalue weighted by Gasteiger charge is 2.33. The lowest BCUT2D eigenvalue weighted by molar-refractivity contribution is -0.141. The summed E-state index contributed by atoms with van der Waals surface area (Å²) in [6, 6.07) is 0.987. The van der Waals surface area contributed by atoms with Crippen LogP contribution < -0.4 is 0 Å². The minimum Gasteiger partial charge on any atom is -0.334 e. The van der Waals surface area contributed by atoms with Crippen LogP contribution in [0.25, 0.3) is 0 Å². The minimum absolute atomic E-state index is 0.0409. The molecule has 1 heterocycles. The first-order valence-corrected chi connectivity index (χ1v) is 4.40. The summed E-state index contributed by atoms with van der Waals surface area (Å²) in [5, 5.41) is 0. The van der Waals surface area contributed by atoms with Crippen LogP contribution >= 0.6 is 12.2 Å². The third-order valence-corrected chi connectivity index (χ3v) is 1.87. The van der Waals surface area contributed by atoms with Crippen molar-refractivity contribution in [3.63, 3.8) is 0 Å². The quantitative estimate of drug-likeness (QED) is 0.738. The molecule has 0 aliphatic carbocycles. The number of nitrogens with zero attached hydrogens (tertiary/aromatic N) is 1. The molecular formula is C8H9F3N2S. The predicted octanol–water partition coefficient (Wildman–Crippen LogP) is 3.28. The molecule has 78 valence electrons. The fraction of sp³-hybridized carbons (Fsp3) is 0.500. The molecule has 0 radical (unpaired) electrons. The van der Waals surface area contributed by atoms with Crippen LogP contribution in [-0.4, -0.2) is 9.97 Å². The van der Waals surface area contributed by atoms with Gasteiger partial charge in [-0.25, -0.2) is 4.98 Å². The summed E-state index contributed by atoms with van der Waals surface area (Å²) in [6.45, 7) is 3.56. The second-order valence-electron chi connectivity index (χ2n) is 3.18. The molecule has 0 spiro atoms. The standard InChI is InChI=1S/C8H9F3N2S/c1-4(2)5-3-6(8(9,10)11)13-7(14)12-5/h3-4H,1-2H3,(H,12,13,14). The Labute approximate surface area is 84.2 Å². The second kappa shape index (κ2) is 3.68. The Morgan fingerprint density at radius 2 is 2.00 bits per heavy atom. The van der Waals surface area contributed by atoms with Gasteiger partial charge in [0.05, 0.1) is 0 Å². The van der Waals surface area contributed by atoms with Crippen molar-refractivity contribution in [2.45, 2.75) is 25.9 Å². The first-order chi connectivity index (χ1) is 6.30. The zero-order valence-electron chi connectivity index (χ0n) is 7.64. The zero-order valence-corrected chi connectivity index (χ0v) is 8.46. The highest BCUT2D eigenvalue weighted by Crippen LogP contribution is 2.28. The van der Waals surface area contributed by atoms with E-state index in [9.17, 15) is 13.2 Å². The molecule has 14 heavy (non-hydrogen) atoms. The Kier molecular flexibility index (Phi) is 2.94. The lowest BCUT2D eigenvalue weighted by Crippen LogP contribution is -2.10. The minimum atomic E-state index is -4.44. The number of nitrogens with one attached hydrogen (secondary N) is 1. The van der Waals surface area contributed by atoms with Crippen LogP contribution in [-0.2, 0) is 6.18 Å². The number of aromatic amines is 1. The molecule has 0 atom stereocenters. The summed E-state index contributed by atoms with van der Waals surface area (Å²) in [4.78, 5) is 5.84. The fourth-order valence-corrected chi connectivity index (χ4v) is 1.15. The van der Waals surface area contributed by atoms with Crippen molar-refractivity contribution in [1.29, 1.82) is 0 Å². The third kappa shape index (κ3) is 2.54. The smallest absolute Gasteiger partial charge is 0.334 e. The van der Waals surface area contributed by atoms with E-state index in [-0.39, 0.29) is 10.7 Å². The van der Waals surface area contributed by atoms with Gasteiger partial charge in [-0.3, -0.25) is 0 Å². The van der Waals surface area contributed by atoms with Crippen LogP contribution in [0.5, 0.6) is 0 Å². The van der Waals surface area contributed by atoms with E-state index in [1.165, 1.54) is 0 Å². The number of hydrogen-bond donors (Lipinski definition) is 1. The molecule has 1 N–H and O–H groups in total. The van der Waals surface area contributed by atoms with E-state index in [2.05, 4.69) is 22.2 Å². The SMILES string of the molecule is CC(C)c1cc(C(F)(F)F)nc(=S)[nH]1. The van der Waals surface area contributed by atoms with Crippen LogP contribution in [0.4, 0.5) is 13.2 Å². The van der Waals surface area contributed by atoms with Gasteiger partial charge in [-0.05, 0) is 24.2 Å². The number of alkyl halides is 3. The van der Waals surface area contributed by atoms with Gasteiger partial charge in [-0.1, -0.05) is 13.8 Å². The van der Waals surface area contributed by atoms with Gasteiger partial charge in [0.1, 0.15) is 5.69 Å². The Balaban J connectivity index is 3.28. The summed E-state index contributed by atoms with van der Waals surface area (Å²) in [7, 11) is 0. The van der Waals surface area contributed by atoms with Gasteiger partial charge in [-0.2, -0.15) is 13.2 Å². The van der Waals surface area contributed by atoms with E-state index in [0.29, 0.717) is 5.69 Å². The van der Waals surface area contributed by atoms with Crippen molar-refractivity contribution in [3.8, 4) is 0 Å². The van der Waals surface area contributed by atoms with Crippen molar-refractivity contribution in [2.24, 2.45) is 0 Å². The average molecular weight is 222 g/mol. The number of aromatic nitrogens is 2. The molecule has 1 aromatic heterocycles. The van der Waals surface area contributed by atoms with Gasteiger partial charge in [0, 0.05) is 5.69 Å². The molecule has 0 saturated heterocycles. The highest BCUT2D eigenvalue weighted by molar-refractivity contribution is 7.71. The highest BCUT2D eigenvalue weighted by atomic mass is 32.1. The lowest BCUT2D eigenvalue weighted by Gasteiger charge is -2.09. The summed E-state index contributed by atoms with van der Waals surface area (Å²) < 4.78 is 36.7. The van der Waals surface area contributed by atoms with Gasteiger partial charge < -0.3 is 4.98 Å². The number of rotatable bonds is 1. The predicted molar refractivity (Wildman–Crippen MR) is 48.5 cm³/mol. The van der Waals surface area contributed by atoms with E-state index in [4.69, 9.17) is 0 Å². The molecule has 1 aromatic rings. The summed E-state index contributed by atoms with van der Waals surface area (Å²) >= 11 is 4.61. The Morgan fingerprint density at radius 3 is 2.43 bits per heavy atom. The fourth-order valence-electron chi connectivity index (χ4n) is 0.933. The molecule has 0 fully saturated rings. The van der Waals surface area contributed by atoms with Gasteiger partial charge in [-0.15, -0.1) is 0 Å². The molecule has 1 rings (SSSR count).